The third-order valence-electron chi connectivity index (χ3n) is 4.58. The largest absolute Gasteiger partial charge is 0.481 e. The van der Waals surface area contributed by atoms with E-state index in [0.717, 1.165) is 22.2 Å². The maximum atomic E-state index is 12.7. The van der Waals surface area contributed by atoms with E-state index in [2.05, 4.69) is 15.4 Å². The molecule has 0 radical (unpaired) electrons. The highest BCUT2D eigenvalue weighted by Gasteiger charge is 2.22. The van der Waals surface area contributed by atoms with Crippen molar-refractivity contribution in [2.75, 3.05) is 0 Å². The molecule has 0 fully saturated rings. The number of benzene rings is 2. The predicted molar refractivity (Wildman–Crippen MR) is 101 cm³/mol. The minimum atomic E-state index is -0.980. The fourth-order valence-corrected chi connectivity index (χ4v) is 3.29. The molecule has 0 aliphatic carbocycles. The number of aliphatic carboxylic acids is 1. The first-order valence-corrected chi connectivity index (χ1v) is 8.57. The summed E-state index contributed by atoms with van der Waals surface area (Å²) in [6.45, 7) is 1.89. The van der Waals surface area contributed by atoms with Crippen molar-refractivity contribution in [1.29, 1.82) is 0 Å². The summed E-state index contributed by atoms with van der Waals surface area (Å²) in [5, 5.41) is 16.4. The SMILES string of the molecule is Cc1ccccc1[C@H](CC(=O)O)NC(=O)c1cc2[nH]c3ccccc3n2n1. The highest BCUT2D eigenvalue weighted by Crippen LogP contribution is 2.22. The van der Waals surface area contributed by atoms with Gasteiger partial charge in [0, 0.05) is 6.07 Å². The minimum Gasteiger partial charge on any atom is -0.481 e. The molecule has 0 spiro atoms. The van der Waals surface area contributed by atoms with Crippen LogP contribution in [0.1, 0.15) is 34.1 Å². The molecule has 0 aliphatic heterocycles. The van der Waals surface area contributed by atoms with E-state index in [9.17, 15) is 14.7 Å². The number of H-pyrrole nitrogens is 1. The van der Waals surface area contributed by atoms with E-state index in [1.165, 1.54) is 0 Å². The number of nitrogens with zero attached hydrogens (tertiary/aromatic N) is 2. The molecule has 0 bridgehead atoms. The lowest BCUT2D eigenvalue weighted by Gasteiger charge is -2.18. The van der Waals surface area contributed by atoms with E-state index in [1.807, 2.05) is 55.5 Å². The van der Waals surface area contributed by atoms with Crippen LogP contribution in [0.4, 0.5) is 0 Å². The number of imidazole rings is 1. The molecule has 7 heteroatoms. The lowest BCUT2D eigenvalue weighted by molar-refractivity contribution is -0.137. The molecule has 27 heavy (non-hydrogen) atoms. The van der Waals surface area contributed by atoms with Gasteiger partial charge < -0.3 is 15.4 Å². The summed E-state index contributed by atoms with van der Waals surface area (Å²) in [6.07, 6.45) is -0.203. The molecule has 4 rings (SSSR count). The number of hydrogen-bond donors (Lipinski definition) is 3. The van der Waals surface area contributed by atoms with Gasteiger partial charge in [0.2, 0.25) is 0 Å². The van der Waals surface area contributed by atoms with E-state index in [0.29, 0.717) is 5.65 Å². The summed E-state index contributed by atoms with van der Waals surface area (Å²) in [5.41, 5.74) is 4.43. The second-order valence-corrected chi connectivity index (χ2v) is 6.45. The smallest absolute Gasteiger partial charge is 0.305 e. The third-order valence-corrected chi connectivity index (χ3v) is 4.58. The van der Waals surface area contributed by atoms with Crippen LogP contribution in [0.3, 0.4) is 0 Å². The summed E-state index contributed by atoms with van der Waals surface area (Å²) >= 11 is 0. The van der Waals surface area contributed by atoms with Gasteiger partial charge in [-0.15, -0.1) is 0 Å². The number of fused-ring (bicyclic) bond motifs is 3. The minimum absolute atomic E-state index is 0.203. The molecule has 0 saturated heterocycles. The van der Waals surface area contributed by atoms with Crippen LogP contribution in [0.15, 0.2) is 54.6 Å². The van der Waals surface area contributed by atoms with Crippen molar-refractivity contribution in [3.8, 4) is 0 Å². The molecule has 136 valence electrons. The van der Waals surface area contributed by atoms with Crippen molar-refractivity contribution in [1.82, 2.24) is 19.9 Å². The quantitative estimate of drug-likeness (QED) is 0.508. The van der Waals surface area contributed by atoms with Gasteiger partial charge in [-0.05, 0) is 30.2 Å². The monoisotopic (exact) mass is 362 g/mol. The summed E-state index contributed by atoms with van der Waals surface area (Å²) in [7, 11) is 0. The molecule has 3 N–H and O–H groups in total. The molecule has 1 amide bonds. The molecular formula is C20H18N4O3. The lowest BCUT2D eigenvalue weighted by Crippen LogP contribution is -2.31. The van der Waals surface area contributed by atoms with Crippen molar-refractivity contribution in [3.05, 3.63) is 71.4 Å². The summed E-state index contributed by atoms with van der Waals surface area (Å²) in [5.74, 6) is -1.39. The predicted octanol–water partition coefficient (Wildman–Crippen LogP) is 3.07. The normalized spacial score (nSPS) is 12.3. The number of hydrogen-bond acceptors (Lipinski definition) is 3. The molecule has 1 atom stereocenters. The number of carboxylic acid groups (broad SMARTS) is 1. The van der Waals surface area contributed by atoms with Crippen molar-refractivity contribution >= 4 is 28.6 Å². The summed E-state index contributed by atoms with van der Waals surface area (Å²) in [4.78, 5) is 27.2. The number of aromatic amines is 1. The van der Waals surface area contributed by atoms with E-state index < -0.39 is 17.9 Å². The number of rotatable bonds is 5. The van der Waals surface area contributed by atoms with Gasteiger partial charge in [0.1, 0.15) is 5.65 Å². The number of aromatic nitrogens is 3. The fourth-order valence-electron chi connectivity index (χ4n) is 3.29. The first kappa shape index (κ1) is 16.8. The van der Waals surface area contributed by atoms with Gasteiger partial charge in [0.05, 0.1) is 23.5 Å². The van der Waals surface area contributed by atoms with Crippen LogP contribution in [0.5, 0.6) is 0 Å². The number of aryl methyl sites for hydroxylation is 1. The standard InChI is InChI=1S/C20H18N4O3/c1-12-6-2-3-7-13(12)15(11-19(25)26)22-20(27)16-10-18-21-14-8-4-5-9-17(14)24(18)23-16/h2-10,15,21H,11H2,1H3,(H,22,27)(H,25,26)/t15-/m0/s1. The van der Waals surface area contributed by atoms with Gasteiger partial charge in [-0.2, -0.15) is 5.10 Å². The number of carbonyl (C=O) groups excluding carboxylic acids is 1. The van der Waals surface area contributed by atoms with Gasteiger partial charge in [-0.1, -0.05) is 36.4 Å². The second-order valence-electron chi connectivity index (χ2n) is 6.45. The van der Waals surface area contributed by atoms with Crippen LogP contribution >= 0.6 is 0 Å². The zero-order chi connectivity index (χ0) is 19.0. The van der Waals surface area contributed by atoms with Gasteiger partial charge in [0.25, 0.3) is 5.91 Å². The van der Waals surface area contributed by atoms with E-state index in [-0.39, 0.29) is 12.1 Å². The lowest BCUT2D eigenvalue weighted by atomic mass is 9.98. The van der Waals surface area contributed by atoms with Crippen LogP contribution in [-0.4, -0.2) is 31.6 Å². The van der Waals surface area contributed by atoms with Crippen LogP contribution in [0.2, 0.25) is 0 Å². The molecule has 4 aromatic rings. The highest BCUT2D eigenvalue weighted by molar-refractivity contribution is 5.95. The Bertz CT molecular complexity index is 1160. The summed E-state index contributed by atoms with van der Waals surface area (Å²) in [6, 6.07) is 16.1. The molecule has 2 aromatic heterocycles. The Balaban J connectivity index is 1.65. The van der Waals surface area contributed by atoms with Gasteiger partial charge >= 0.3 is 5.97 Å². The Kier molecular flexibility index (Phi) is 4.12. The molecule has 2 aromatic carbocycles. The van der Waals surface area contributed by atoms with Crippen molar-refractivity contribution in [3.63, 3.8) is 0 Å². The molecule has 0 saturated carbocycles. The summed E-state index contributed by atoms with van der Waals surface area (Å²) < 4.78 is 1.67. The Morgan fingerprint density at radius 1 is 1.19 bits per heavy atom. The maximum absolute atomic E-state index is 12.7. The van der Waals surface area contributed by atoms with Crippen LogP contribution in [-0.2, 0) is 4.79 Å². The molecule has 7 nitrogen and oxygen atoms in total. The van der Waals surface area contributed by atoms with Crippen LogP contribution in [0.25, 0.3) is 16.7 Å². The molecule has 2 heterocycles. The van der Waals surface area contributed by atoms with Gasteiger partial charge in [-0.3, -0.25) is 9.59 Å². The first-order chi connectivity index (χ1) is 13.0. The second kappa shape index (κ2) is 6.60. The number of carbonyl (C=O) groups is 2. The van der Waals surface area contributed by atoms with Crippen molar-refractivity contribution < 1.29 is 14.7 Å². The Labute approximate surface area is 154 Å². The van der Waals surface area contributed by atoms with Crippen LogP contribution < -0.4 is 5.32 Å². The van der Waals surface area contributed by atoms with E-state index >= 15 is 0 Å². The third kappa shape index (κ3) is 3.15. The molecule has 0 aliphatic rings. The Morgan fingerprint density at radius 3 is 2.70 bits per heavy atom. The topological polar surface area (TPSA) is 99.5 Å². The van der Waals surface area contributed by atoms with Crippen molar-refractivity contribution in [2.24, 2.45) is 0 Å². The zero-order valence-electron chi connectivity index (χ0n) is 14.6. The Hall–Kier alpha value is -3.61. The number of para-hydroxylation sites is 2. The average Bonchev–Trinajstić information content (AvgIpc) is 3.19. The molecule has 0 unspecified atom stereocenters. The van der Waals surface area contributed by atoms with Gasteiger partial charge in [0.15, 0.2) is 5.69 Å². The van der Waals surface area contributed by atoms with Crippen LogP contribution in [0, 0.1) is 6.92 Å². The fraction of sp³-hybridized carbons (Fsp3) is 0.150. The van der Waals surface area contributed by atoms with Crippen molar-refractivity contribution in [2.45, 2.75) is 19.4 Å². The first-order valence-electron chi connectivity index (χ1n) is 8.57. The zero-order valence-corrected chi connectivity index (χ0v) is 14.6. The molecular weight excluding hydrogens is 344 g/mol. The van der Waals surface area contributed by atoms with E-state index in [4.69, 9.17) is 0 Å². The van der Waals surface area contributed by atoms with E-state index in [1.54, 1.807) is 10.6 Å². The Morgan fingerprint density at radius 2 is 1.93 bits per heavy atom. The number of amides is 1. The number of carboxylic acids is 1. The van der Waals surface area contributed by atoms with Gasteiger partial charge in [-0.25, -0.2) is 4.52 Å². The highest BCUT2D eigenvalue weighted by atomic mass is 16.4. The average molecular weight is 362 g/mol. The maximum Gasteiger partial charge on any atom is 0.305 e. The number of nitrogens with one attached hydrogen (secondary N) is 2.